The molecule has 98 valence electrons. The van der Waals surface area contributed by atoms with Crippen molar-refractivity contribution in [1.29, 1.82) is 0 Å². The highest BCUT2D eigenvalue weighted by atomic mass is 79.9. The minimum atomic E-state index is -0.706. The Morgan fingerprint density at radius 3 is 2.26 bits per heavy atom. The zero-order valence-electron chi connectivity index (χ0n) is 9.38. The predicted molar refractivity (Wildman–Crippen MR) is 76.2 cm³/mol. The molecule has 0 radical (unpaired) electrons. The maximum absolute atomic E-state index is 13.6. The second-order valence-corrected chi connectivity index (χ2v) is 5.53. The van der Waals surface area contributed by atoms with E-state index in [1.54, 1.807) is 0 Å². The zero-order valence-corrected chi connectivity index (χ0v) is 12.6. The van der Waals surface area contributed by atoms with Crippen LogP contribution in [-0.2, 0) is 0 Å². The van der Waals surface area contributed by atoms with Gasteiger partial charge in [-0.05, 0) is 36.4 Å². The zero-order chi connectivity index (χ0) is 14.0. The Hall–Kier alpha value is -1.27. The van der Waals surface area contributed by atoms with E-state index in [4.69, 9.17) is 0 Å². The van der Waals surface area contributed by atoms with E-state index in [1.165, 1.54) is 36.4 Å². The van der Waals surface area contributed by atoms with Gasteiger partial charge < -0.3 is 5.32 Å². The molecule has 2 nitrogen and oxygen atoms in total. The third-order valence-electron chi connectivity index (χ3n) is 2.35. The Labute approximate surface area is 125 Å². The molecule has 0 unspecified atom stereocenters. The summed E-state index contributed by atoms with van der Waals surface area (Å²) in [6.45, 7) is 0. The van der Waals surface area contributed by atoms with E-state index in [2.05, 4.69) is 37.2 Å². The summed E-state index contributed by atoms with van der Waals surface area (Å²) in [6, 6.07) is 8.15. The average molecular weight is 391 g/mol. The molecule has 0 aliphatic carbocycles. The molecule has 2 aromatic carbocycles. The molecule has 0 aromatic heterocycles. The topological polar surface area (TPSA) is 29.1 Å². The van der Waals surface area contributed by atoms with Crippen LogP contribution in [0.5, 0.6) is 0 Å². The highest BCUT2D eigenvalue weighted by Gasteiger charge is 2.14. The van der Waals surface area contributed by atoms with Gasteiger partial charge in [-0.2, -0.15) is 0 Å². The van der Waals surface area contributed by atoms with E-state index >= 15 is 0 Å². The molecule has 0 atom stereocenters. The van der Waals surface area contributed by atoms with Gasteiger partial charge in [-0.15, -0.1) is 0 Å². The molecule has 2 rings (SSSR count). The van der Waals surface area contributed by atoms with Crippen molar-refractivity contribution in [3.63, 3.8) is 0 Å². The first kappa shape index (κ1) is 14.1. The molecule has 2 aromatic rings. The Kier molecular flexibility index (Phi) is 4.31. The van der Waals surface area contributed by atoms with Gasteiger partial charge in [-0.25, -0.2) is 8.78 Å². The van der Waals surface area contributed by atoms with Crippen LogP contribution < -0.4 is 5.32 Å². The standard InChI is InChI=1S/C13H7Br2F2NO/c14-7-1-3-9(11(17)5-7)13(19)18-12-6-8(15)2-4-10(12)16/h1-6H,(H,18,19). The van der Waals surface area contributed by atoms with E-state index in [0.717, 1.165) is 0 Å². The van der Waals surface area contributed by atoms with Gasteiger partial charge in [0.15, 0.2) is 0 Å². The van der Waals surface area contributed by atoms with Gasteiger partial charge in [0.2, 0.25) is 0 Å². The van der Waals surface area contributed by atoms with Crippen LogP contribution in [0.15, 0.2) is 45.3 Å². The van der Waals surface area contributed by atoms with Crippen molar-refractivity contribution in [1.82, 2.24) is 0 Å². The number of hydrogen-bond donors (Lipinski definition) is 1. The highest BCUT2D eigenvalue weighted by molar-refractivity contribution is 9.10. The van der Waals surface area contributed by atoms with Crippen LogP contribution in [-0.4, -0.2) is 5.91 Å². The van der Waals surface area contributed by atoms with Crippen molar-refractivity contribution in [2.24, 2.45) is 0 Å². The van der Waals surface area contributed by atoms with Crippen LogP contribution in [0.2, 0.25) is 0 Å². The number of rotatable bonds is 2. The van der Waals surface area contributed by atoms with Crippen molar-refractivity contribution in [3.8, 4) is 0 Å². The summed E-state index contributed by atoms with van der Waals surface area (Å²) in [5.74, 6) is -1.97. The lowest BCUT2D eigenvalue weighted by atomic mass is 10.2. The Morgan fingerprint density at radius 2 is 1.58 bits per heavy atom. The number of benzene rings is 2. The maximum atomic E-state index is 13.6. The first-order valence-corrected chi connectivity index (χ1v) is 6.77. The van der Waals surface area contributed by atoms with Crippen LogP contribution in [0.1, 0.15) is 10.4 Å². The van der Waals surface area contributed by atoms with Gasteiger partial charge in [0.25, 0.3) is 5.91 Å². The van der Waals surface area contributed by atoms with Crippen LogP contribution in [0, 0.1) is 11.6 Å². The molecule has 0 heterocycles. The molecule has 0 aliphatic heterocycles. The molecule has 19 heavy (non-hydrogen) atoms. The van der Waals surface area contributed by atoms with Gasteiger partial charge in [0.05, 0.1) is 11.3 Å². The molecule has 0 aliphatic rings. The monoisotopic (exact) mass is 389 g/mol. The summed E-state index contributed by atoms with van der Waals surface area (Å²) >= 11 is 6.26. The van der Waals surface area contributed by atoms with Gasteiger partial charge in [-0.3, -0.25) is 4.79 Å². The molecule has 0 bridgehead atoms. The number of nitrogens with one attached hydrogen (secondary N) is 1. The first-order chi connectivity index (χ1) is 8.97. The molecule has 0 saturated heterocycles. The van der Waals surface area contributed by atoms with Crippen molar-refractivity contribution in [2.75, 3.05) is 5.32 Å². The summed E-state index contributed by atoms with van der Waals surface area (Å²) in [7, 11) is 0. The summed E-state index contributed by atoms with van der Waals surface area (Å²) in [6.07, 6.45) is 0. The summed E-state index contributed by atoms with van der Waals surface area (Å²) in [4.78, 5) is 11.9. The van der Waals surface area contributed by atoms with Crippen molar-refractivity contribution in [3.05, 3.63) is 62.5 Å². The van der Waals surface area contributed by atoms with Gasteiger partial charge in [0, 0.05) is 8.95 Å². The minimum Gasteiger partial charge on any atom is -0.319 e. The minimum absolute atomic E-state index is 0.0123. The molecule has 1 amide bonds. The third-order valence-corrected chi connectivity index (χ3v) is 3.34. The van der Waals surface area contributed by atoms with Crippen LogP contribution in [0.25, 0.3) is 0 Å². The first-order valence-electron chi connectivity index (χ1n) is 5.19. The Morgan fingerprint density at radius 1 is 0.947 bits per heavy atom. The highest BCUT2D eigenvalue weighted by Crippen LogP contribution is 2.22. The third kappa shape index (κ3) is 3.39. The SMILES string of the molecule is O=C(Nc1cc(Br)ccc1F)c1ccc(Br)cc1F. The smallest absolute Gasteiger partial charge is 0.258 e. The number of hydrogen-bond acceptors (Lipinski definition) is 1. The van der Waals surface area contributed by atoms with Crippen molar-refractivity contribution >= 4 is 43.5 Å². The van der Waals surface area contributed by atoms with Gasteiger partial charge in [-0.1, -0.05) is 31.9 Å². The fourth-order valence-corrected chi connectivity index (χ4v) is 2.15. The van der Waals surface area contributed by atoms with E-state index in [1.807, 2.05) is 0 Å². The normalized spacial score (nSPS) is 10.3. The second kappa shape index (κ2) is 5.79. The quantitative estimate of drug-likeness (QED) is 0.788. The van der Waals surface area contributed by atoms with Crippen LogP contribution in [0.3, 0.4) is 0 Å². The molecular weight excluding hydrogens is 384 g/mol. The number of amides is 1. The fourth-order valence-electron chi connectivity index (χ4n) is 1.46. The lowest BCUT2D eigenvalue weighted by Crippen LogP contribution is -2.14. The number of carbonyl (C=O) groups excluding carboxylic acids is 1. The molecule has 0 fully saturated rings. The van der Waals surface area contributed by atoms with E-state index < -0.39 is 17.5 Å². The average Bonchev–Trinajstić information content (AvgIpc) is 2.33. The molecule has 0 spiro atoms. The van der Waals surface area contributed by atoms with Crippen molar-refractivity contribution in [2.45, 2.75) is 0 Å². The summed E-state index contributed by atoms with van der Waals surface area (Å²) in [5.41, 5.74) is -0.163. The summed E-state index contributed by atoms with van der Waals surface area (Å²) in [5, 5.41) is 2.33. The Bertz CT molecular complexity index is 647. The number of halogens is 4. The Balaban J connectivity index is 2.28. The number of anilines is 1. The van der Waals surface area contributed by atoms with E-state index in [0.29, 0.717) is 8.95 Å². The fraction of sp³-hybridized carbons (Fsp3) is 0. The molecule has 0 saturated carbocycles. The van der Waals surface area contributed by atoms with Crippen molar-refractivity contribution < 1.29 is 13.6 Å². The maximum Gasteiger partial charge on any atom is 0.258 e. The van der Waals surface area contributed by atoms with Crippen LogP contribution in [0.4, 0.5) is 14.5 Å². The lowest BCUT2D eigenvalue weighted by Gasteiger charge is -2.08. The lowest BCUT2D eigenvalue weighted by molar-refractivity contribution is 0.102. The predicted octanol–water partition coefficient (Wildman–Crippen LogP) is 4.74. The molecular formula is C13H7Br2F2NO. The van der Waals surface area contributed by atoms with Gasteiger partial charge in [0.1, 0.15) is 11.6 Å². The van der Waals surface area contributed by atoms with E-state index in [-0.39, 0.29) is 11.3 Å². The summed E-state index contributed by atoms with van der Waals surface area (Å²) < 4.78 is 28.2. The molecule has 1 N–H and O–H groups in total. The van der Waals surface area contributed by atoms with Crippen LogP contribution >= 0.6 is 31.9 Å². The second-order valence-electron chi connectivity index (χ2n) is 3.70. The largest absolute Gasteiger partial charge is 0.319 e. The molecule has 6 heteroatoms. The van der Waals surface area contributed by atoms with Gasteiger partial charge >= 0.3 is 0 Å². The van der Waals surface area contributed by atoms with E-state index in [9.17, 15) is 13.6 Å². The number of carbonyl (C=O) groups is 1.